The molecule has 1 aliphatic heterocycles. The summed E-state index contributed by atoms with van der Waals surface area (Å²) in [7, 11) is 0. The highest BCUT2D eigenvalue weighted by Gasteiger charge is 2.27. The van der Waals surface area contributed by atoms with Crippen molar-refractivity contribution in [3.05, 3.63) is 85.2 Å². The Labute approximate surface area is 175 Å². The van der Waals surface area contributed by atoms with E-state index in [1.807, 2.05) is 49.1 Å². The normalized spacial score (nSPS) is 13.6. The Hall–Kier alpha value is -3.41. The van der Waals surface area contributed by atoms with Crippen LogP contribution in [0.25, 0.3) is 0 Å². The fraction of sp³-hybridized carbons (Fsp3) is 0.292. The average Bonchev–Trinajstić information content (AvgIpc) is 3.27. The number of amides is 1. The summed E-state index contributed by atoms with van der Waals surface area (Å²) in [5, 5.41) is 6.07. The minimum atomic E-state index is -0.443. The van der Waals surface area contributed by atoms with Gasteiger partial charge < -0.3 is 15.5 Å². The highest BCUT2D eigenvalue weighted by molar-refractivity contribution is 6.04. The number of nitrogens with one attached hydrogen (secondary N) is 2. The maximum Gasteiger partial charge on any atom is 0.255 e. The van der Waals surface area contributed by atoms with E-state index in [0.29, 0.717) is 23.5 Å². The van der Waals surface area contributed by atoms with Crippen molar-refractivity contribution in [3.63, 3.8) is 0 Å². The van der Waals surface area contributed by atoms with Gasteiger partial charge in [0.15, 0.2) is 0 Å². The molecule has 3 aromatic carbocycles. The van der Waals surface area contributed by atoms with Crippen molar-refractivity contribution in [1.82, 2.24) is 0 Å². The Kier molecular flexibility index (Phi) is 5.40. The molecule has 2 N–H and O–H groups in total. The zero-order chi connectivity index (χ0) is 21.3. The molecule has 1 heterocycles. The summed E-state index contributed by atoms with van der Waals surface area (Å²) in [5.41, 5.74) is 4.58. The first-order chi connectivity index (χ1) is 14.5. The number of hydrogen-bond donors (Lipinski definition) is 2. The summed E-state index contributed by atoms with van der Waals surface area (Å²) in [6.07, 6.45) is 2.09. The molecular weight excluding hydrogens is 378 g/mol. The smallest absolute Gasteiger partial charge is 0.255 e. The highest BCUT2D eigenvalue weighted by atomic mass is 16.2. The number of aryl methyl sites for hydroxylation is 1. The second-order valence-electron chi connectivity index (χ2n) is 7.83. The van der Waals surface area contributed by atoms with Gasteiger partial charge in [0.1, 0.15) is 11.4 Å². The number of nitrogens with zero attached hydrogens (tertiary/aromatic N) is 1. The van der Waals surface area contributed by atoms with Gasteiger partial charge in [-0.3, -0.25) is 14.4 Å². The molecule has 0 radical (unpaired) electrons. The van der Waals surface area contributed by atoms with Gasteiger partial charge in [-0.05, 0) is 61.6 Å². The zero-order valence-corrected chi connectivity index (χ0v) is 17.2. The fourth-order valence-electron chi connectivity index (χ4n) is 3.83. The van der Waals surface area contributed by atoms with Gasteiger partial charge in [0.2, 0.25) is 0 Å². The van der Waals surface area contributed by atoms with Crippen LogP contribution in [0.15, 0.2) is 52.1 Å². The van der Waals surface area contributed by atoms with E-state index in [0.717, 1.165) is 48.3 Å². The Bertz CT molecular complexity index is 1150. The van der Waals surface area contributed by atoms with Crippen molar-refractivity contribution >= 4 is 23.0 Å². The van der Waals surface area contributed by atoms with Gasteiger partial charge in [-0.1, -0.05) is 24.3 Å². The summed E-state index contributed by atoms with van der Waals surface area (Å²) in [4.78, 5) is 38.5. The maximum absolute atomic E-state index is 12.6. The third-order valence-electron chi connectivity index (χ3n) is 5.85. The lowest BCUT2D eigenvalue weighted by Gasteiger charge is -2.22. The molecule has 0 saturated carbocycles. The van der Waals surface area contributed by atoms with Gasteiger partial charge in [0.05, 0.1) is 0 Å². The van der Waals surface area contributed by atoms with Gasteiger partial charge >= 0.3 is 0 Å². The van der Waals surface area contributed by atoms with Crippen LogP contribution in [0.2, 0.25) is 0 Å². The summed E-state index contributed by atoms with van der Waals surface area (Å²) in [5.74, 6) is -0.165. The molecule has 0 bridgehead atoms. The highest BCUT2D eigenvalue weighted by Crippen LogP contribution is 2.25. The number of anilines is 3. The molecule has 154 valence electrons. The largest absolute Gasteiger partial charge is 0.376 e. The maximum atomic E-state index is 12.6. The molecule has 0 aliphatic carbocycles. The van der Waals surface area contributed by atoms with Crippen LogP contribution < -0.4 is 26.4 Å². The van der Waals surface area contributed by atoms with Gasteiger partial charge in [-0.15, -0.1) is 0 Å². The summed E-state index contributed by atoms with van der Waals surface area (Å²) in [6, 6.07) is 13.1. The Balaban J connectivity index is 1.40. The van der Waals surface area contributed by atoms with Crippen LogP contribution in [0.5, 0.6) is 0 Å². The van der Waals surface area contributed by atoms with Crippen LogP contribution in [0, 0.1) is 13.8 Å². The van der Waals surface area contributed by atoms with Crippen LogP contribution in [0.4, 0.5) is 17.1 Å². The Morgan fingerprint density at radius 2 is 1.67 bits per heavy atom. The lowest BCUT2D eigenvalue weighted by molar-refractivity contribution is 0.102. The van der Waals surface area contributed by atoms with Gasteiger partial charge in [0.25, 0.3) is 16.8 Å². The molecule has 0 spiro atoms. The predicted molar refractivity (Wildman–Crippen MR) is 120 cm³/mol. The van der Waals surface area contributed by atoms with E-state index < -0.39 is 10.9 Å². The fourth-order valence-corrected chi connectivity index (χ4v) is 3.83. The summed E-state index contributed by atoms with van der Waals surface area (Å²) in [6.45, 7) is 6.06. The molecule has 0 aromatic heterocycles. The van der Waals surface area contributed by atoms with Crippen LogP contribution >= 0.6 is 0 Å². The lowest BCUT2D eigenvalue weighted by Crippen LogP contribution is -2.41. The second-order valence-corrected chi connectivity index (χ2v) is 7.83. The van der Waals surface area contributed by atoms with E-state index in [2.05, 4.69) is 10.6 Å². The number of benzene rings is 2. The molecule has 6 heteroatoms. The second kappa shape index (κ2) is 8.14. The van der Waals surface area contributed by atoms with Gasteiger partial charge in [-0.2, -0.15) is 0 Å². The summed E-state index contributed by atoms with van der Waals surface area (Å²) < 4.78 is 0. The molecule has 1 amide bonds. The first-order valence-electron chi connectivity index (χ1n) is 10.2. The van der Waals surface area contributed by atoms with E-state index in [1.54, 1.807) is 12.1 Å². The topological polar surface area (TPSA) is 78.5 Å². The molecule has 1 aliphatic rings. The van der Waals surface area contributed by atoms with Gasteiger partial charge in [0, 0.05) is 30.9 Å². The van der Waals surface area contributed by atoms with E-state index in [1.165, 1.54) is 0 Å². The van der Waals surface area contributed by atoms with Crippen LogP contribution in [0.3, 0.4) is 0 Å². The zero-order valence-electron chi connectivity index (χ0n) is 17.2. The first kappa shape index (κ1) is 19.9. The first-order valence-corrected chi connectivity index (χ1v) is 10.2. The standard InChI is InChI=1S/C24H25N3O3/c1-15-6-5-7-19(16(15)2)26-24(30)18-10-8-17(9-11-18)14-25-20-21(23(29)22(20)28)27-12-3-4-13-27/h5-11,25H,3-4,12-14H2,1-2H3,(H,26,30). The van der Waals surface area contributed by atoms with E-state index in [-0.39, 0.29) is 5.91 Å². The number of carbonyl (C=O) groups excluding carboxylic acids is 1. The van der Waals surface area contributed by atoms with Crippen molar-refractivity contribution in [3.8, 4) is 0 Å². The molecule has 0 atom stereocenters. The van der Waals surface area contributed by atoms with E-state index >= 15 is 0 Å². The number of rotatable bonds is 6. The van der Waals surface area contributed by atoms with Crippen LogP contribution in [-0.4, -0.2) is 19.0 Å². The molecule has 1 saturated heterocycles. The summed E-state index contributed by atoms with van der Waals surface area (Å²) >= 11 is 0. The van der Waals surface area contributed by atoms with Crippen molar-refractivity contribution in [2.75, 3.05) is 28.6 Å². The third kappa shape index (κ3) is 3.73. The van der Waals surface area contributed by atoms with Crippen molar-refractivity contribution in [2.24, 2.45) is 0 Å². The Morgan fingerprint density at radius 3 is 2.37 bits per heavy atom. The Morgan fingerprint density at radius 1 is 0.967 bits per heavy atom. The molecule has 3 aromatic rings. The number of carbonyl (C=O) groups is 1. The minimum absolute atomic E-state index is 0.165. The van der Waals surface area contributed by atoms with Crippen molar-refractivity contribution < 1.29 is 4.79 Å². The molecule has 1 fully saturated rings. The number of hydrogen-bond acceptors (Lipinski definition) is 5. The molecule has 6 nitrogen and oxygen atoms in total. The van der Waals surface area contributed by atoms with Crippen molar-refractivity contribution in [2.45, 2.75) is 33.2 Å². The predicted octanol–water partition coefficient (Wildman–Crippen LogP) is 3.36. The molecule has 4 rings (SSSR count). The van der Waals surface area contributed by atoms with E-state index in [4.69, 9.17) is 0 Å². The van der Waals surface area contributed by atoms with Crippen LogP contribution in [0.1, 0.15) is 39.9 Å². The van der Waals surface area contributed by atoms with E-state index in [9.17, 15) is 14.4 Å². The minimum Gasteiger partial charge on any atom is -0.376 e. The van der Waals surface area contributed by atoms with Crippen LogP contribution in [-0.2, 0) is 6.54 Å². The molecule has 0 unspecified atom stereocenters. The average molecular weight is 403 g/mol. The third-order valence-corrected chi connectivity index (χ3v) is 5.85. The monoisotopic (exact) mass is 403 g/mol. The van der Waals surface area contributed by atoms with Crippen molar-refractivity contribution in [1.29, 1.82) is 0 Å². The quantitative estimate of drug-likeness (QED) is 0.617. The lowest BCUT2D eigenvalue weighted by atomic mass is 10.1. The van der Waals surface area contributed by atoms with Gasteiger partial charge in [-0.25, -0.2) is 0 Å². The SMILES string of the molecule is Cc1cccc(NC(=O)c2ccc(CNc3c(N4CCCC4)c(=O)c3=O)cc2)c1C. The molecular formula is C24H25N3O3. The molecule has 30 heavy (non-hydrogen) atoms.